The van der Waals surface area contributed by atoms with Crippen LogP contribution >= 0.6 is 28.3 Å². The van der Waals surface area contributed by atoms with Gasteiger partial charge >= 0.3 is 0 Å². The molecule has 0 saturated carbocycles. The van der Waals surface area contributed by atoms with E-state index >= 15 is 0 Å². The van der Waals surface area contributed by atoms with Crippen molar-refractivity contribution in [2.75, 3.05) is 20.1 Å². The molecule has 0 aromatic heterocycles. The van der Waals surface area contributed by atoms with Crippen LogP contribution in [0.3, 0.4) is 0 Å². The summed E-state index contributed by atoms with van der Waals surface area (Å²) in [5.41, 5.74) is 0.759. The Labute approximate surface area is 139 Å². The van der Waals surface area contributed by atoms with Crippen LogP contribution in [0.15, 0.2) is 40.9 Å². The summed E-state index contributed by atoms with van der Waals surface area (Å²) in [5, 5.41) is 5.53. The summed E-state index contributed by atoms with van der Waals surface area (Å²) in [6.45, 7) is 1.89. The molecule has 2 aromatic rings. The molecule has 1 fully saturated rings. The van der Waals surface area contributed by atoms with E-state index in [1.165, 1.54) is 0 Å². The second-order valence-electron chi connectivity index (χ2n) is 5.27. The van der Waals surface area contributed by atoms with E-state index in [0.29, 0.717) is 6.04 Å². The van der Waals surface area contributed by atoms with Crippen LogP contribution in [0.4, 0.5) is 0 Å². The summed E-state index contributed by atoms with van der Waals surface area (Å²) in [7, 11) is 1.89. The number of amides is 1. The minimum Gasteiger partial charge on any atom is -0.337 e. The molecule has 1 saturated heterocycles. The first kappa shape index (κ1) is 16.3. The molecule has 1 N–H and O–H groups in total. The van der Waals surface area contributed by atoms with Crippen LogP contribution in [0.5, 0.6) is 0 Å². The third-order valence-corrected chi connectivity index (χ3v) is 4.44. The number of nitrogens with one attached hydrogen (secondary N) is 1. The Bertz CT molecular complexity index is 656. The topological polar surface area (TPSA) is 32.3 Å². The highest BCUT2D eigenvalue weighted by Gasteiger charge is 2.23. The van der Waals surface area contributed by atoms with Crippen molar-refractivity contribution in [3.05, 3.63) is 46.4 Å². The minimum absolute atomic E-state index is 0. The predicted molar refractivity (Wildman–Crippen MR) is 92.3 cm³/mol. The molecule has 1 amide bonds. The number of carbonyl (C=O) groups is 1. The van der Waals surface area contributed by atoms with Crippen molar-refractivity contribution in [1.29, 1.82) is 0 Å². The maximum absolute atomic E-state index is 12.5. The SMILES string of the molecule is CN(C(=O)c1ccc2cc(Br)ccc2c1)C1CCNC1.Cl. The van der Waals surface area contributed by atoms with Crippen molar-refractivity contribution in [3.8, 4) is 0 Å². The molecular formula is C16H18BrClN2O. The number of rotatable bonds is 2. The second kappa shape index (κ2) is 6.77. The van der Waals surface area contributed by atoms with Crippen molar-refractivity contribution in [3.63, 3.8) is 0 Å². The monoisotopic (exact) mass is 368 g/mol. The van der Waals surface area contributed by atoms with Crippen LogP contribution in [0.2, 0.25) is 0 Å². The smallest absolute Gasteiger partial charge is 0.253 e. The molecule has 112 valence electrons. The molecule has 0 bridgehead atoms. The van der Waals surface area contributed by atoms with E-state index in [1.807, 2.05) is 42.3 Å². The van der Waals surface area contributed by atoms with E-state index in [4.69, 9.17) is 0 Å². The number of likely N-dealkylation sites (N-methyl/N-ethyl adjacent to an activating group) is 1. The number of halogens is 2. The van der Waals surface area contributed by atoms with Crippen LogP contribution in [0.1, 0.15) is 16.8 Å². The second-order valence-corrected chi connectivity index (χ2v) is 6.18. The lowest BCUT2D eigenvalue weighted by Crippen LogP contribution is -2.38. The largest absolute Gasteiger partial charge is 0.337 e. The maximum Gasteiger partial charge on any atom is 0.253 e. The average molecular weight is 370 g/mol. The molecule has 1 aliphatic rings. The highest BCUT2D eigenvalue weighted by molar-refractivity contribution is 9.10. The van der Waals surface area contributed by atoms with Gasteiger partial charge in [-0.2, -0.15) is 0 Å². The Morgan fingerprint density at radius 1 is 1.24 bits per heavy atom. The highest BCUT2D eigenvalue weighted by Crippen LogP contribution is 2.22. The van der Waals surface area contributed by atoms with Crippen LogP contribution in [0, 0.1) is 0 Å². The normalized spacial score (nSPS) is 17.5. The molecule has 1 atom stereocenters. The van der Waals surface area contributed by atoms with Gasteiger partial charge in [-0.25, -0.2) is 0 Å². The Kier molecular flexibility index (Phi) is 5.25. The van der Waals surface area contributed by atoms with E-state index in [9.17, 15) is 4.79 Å². The number of fused-ring (bicyclic) bond motifs is 1. The zero-order chi connectivity index (χ0) is 14.1. The first-order valence-electron chi connectivity index (χ1n) is 6.82. The van der Waals surface area contributed by atoms with Gasteiger partial charge in [0, 0.05) is 29.7 Å². The fourth-order valence-electron chi connectivity index (χ4n) is 2.69. The van der Waals surface area contributed by atoms with Gasteiger partial charge in [0.05, 0.1) is 0 Å². The van der Waals surface area contributed by atoms with Gasteiger partial charge in [-0.1, -0.05) is 28.1 Å². The molecular weight excluding hydrogens is 352 g/mol. The first-order chi connectivity index (χ1) is 9.65. The molecule has 5 heteroatoms. The standard InChI is InChI=1S/C16H17BrN2O.ClH/c1-19(15-6-7-18-10-15)16(20)13-3-2-12-9-14(17)5-4-11(12)8-13;/h2-5,8-9,15,18H,6-7,10H2,1H3;1H. The van der Waals surface area contributed by atoms with E-state index in [-0.39, 0.29) is 18.3 Å². The summed E-state index contributed by atoms with van der Waals surface area (Å²) in [4.78, 5) is 14.4. The predicted octanol–water partition coefficient (Wildman–Crippen LogP) is 3.46. The maximum atomic E-state index is 12.5. The van der Waals surface area contributed by atoms with Gasteiger partial charge in [-0.05, 0) is 48.0 Å². The summed E-state index contributed by atoms with van der Waals surface area (Å²) in [5.74, 6) is 0.100. The fourth-order valence-corrected chi connectivity index (χ4v) is 3.07. The van der Waals surface area contributed by atoms with E-state index in [1.54, 1.807) is 0 Å². The van der Waals surface area contributed by atoms with Gasteiger partial charge in [-0.3, -0.25) is 4.79 Å². The molecule has 0 aliphatic carbocycles. The zero-order valence-electron chi connectivity index (χ0n) is 11.8. The van der Waals surface area contributed by atoms with Crippen molar-refractivity contribution in [1.82, 2.24) is 10.2 Å². The Balaban J connectivity index is 0.00000161. The van der Waals surface area contributed by atoms with Gasteiger partial charge in [0.15, 0.2) is 0 Å². The summed E-state index contributed by atoms with van der Waals surface area (Å²) in [6.07, 6.45) is 1.03. The van der Waals surface area contributed by atoms with Crippen molar-refractivity contribution in [2.24, 2.45) is 0 Å². The molecule has 1 heterocycles. The van der Waals surface area contributed by atoms with Crippen LogP contribution in [-0.2, 0) is 0 Å². The lowest BCUT2D eigenvalue weighted by Gasteiger charge is -2.24. The van der Waals surface area contributed by atoms with E-state index in [0.717, 1.165) is 40.3 Å². The number of nitrogens with zero attached hydrogens (tertiary/aromatic N) is 1. The van der Waals surface area contributed by atoms with Crippen LogP contribution in [-0.4, -0.2) is 37.0 Å². The molecule has 3 nitrogen and oxygen atoms in total. The van der Waals surface area contributed by atoms with Gasteiger partial charge in [0.25, 0.3) is 5.91 Å². The number of hydrogen-bond donors (Lipinski definition) is 1. The zero-order valence-corrected chi connectivity index (χ0v) is 14.2. The van der Waals surface area contributed by atoms with Crippen LogP contribution < -0.4 is 5.32 Å². The highest BCUT2D eigenvalue weighted by atomic mass is 79.9. The summed E-state index contributed by atoms with van der Waals surface area (Å²) >= 11 is 3.47. The summed E-state index contributed by atoms with van der Waals surface area (Å²) < 4.78 is 1.05. The lowest BCUT2D eigenvalue weighted by molar-refractivity contribution is 0.0744. The van der Waals surface area contributed by atoms with Gasteiger partial charge in [-0.15, -0.1) is 12.4 Å². The number of benzene rings is 2. The third kappa shape index (κ3) is 3.39. The van der Waals surface area contributed by atoms with Gasteiger partial charge in [0.1, 0.15) is 0 Å². The molecule has 0 radical (unpaired) electrons. The molecule has 0 spiro atoms. The lowest BCUT2D eigenvalue weighted by atomic mass is 10.1. The number of hydrogen-bond acceptors (Lipinski definition) is 2. The Morgan fingerprint density at radius 2 is 1.95 bits per heavy atom. The van der Waals surface area contributed by atoms with Crippen molar-refractivity contribution >= 4 is 45.0 Å². The van der Waals surface area contributed by atoms with Gasteiger partial charge in [0.2, 0.25) is 0 Å². The number of carbonyl (C=O) groups excluding carboxylic acids is 1. The van der Waals surface area contributed by atoms with E-state index in [2.05, 4.69) is 27.3 Å². The van der Waals surface area contributed by atoms with Crippen LogP contribution in [0.25, 0.3) is 10.8 Å². The van der Waals surface area contributed by atoms with E-state index < -0.39 is 0 Å². The molecule has 3 rings (SSSR count). The molecule has 1 unspecified atom stereocenters. The quantitative estimate of drug-likeness (QED) is 0.879. The summed E-state index contributed by atoms with van der Waals surface area (Å²) in [6, 6.07) is 12.3. The minimum atomic E-state index is 0. The fraction of sp³-hybridized carbons (Fsp3) is 0.312. The molecule has 2 aromatic carbocycles. The molecule has 21 heavy (non-hydrogen) atoms. The Hall–Kier alpha value is -1.10. The third-order valence-electron chi connectivity index (χ3n) is 3.95. The Morgan fingerprint density at radius 3 is 2.67 bits per heavy atom. The van der Waals surface area contributed by atoms with Crippen molar-refractivity contribution < 1.29 is 4.79 Å². The van der Waals surface area contributed by atoms with Crippen molar-refractivity contribution in [2.45, 2.75) is 12.5 Å². The van der Waals surface area contributed by atoms with Gasteiger partial charge < -0.3 is 10.2 Å². The first-order valence-corrected chi connectivity index (χ1v) is 7.61. The molecule has 1 aliphatic heterocycles. The average Bonchev–Trinajstić information content (AvgIpc) is 2.99.